The number of rotatable bonds is 6. The number of alkyl halides is 3. The summed E-state index contributed by atoms with van der Waals surface area (Å²) in [5.74, 6) is -0.0315. The molecule has 0 saturated carbocycles. The average molecular weight is 295 g/mol. The minimum atomic E-state index is -4.50. The Bertz CT molecular complexity index is 415. The topological polar surface area (TPSA) is 58.0 Å². The fourth-order valence-electron chi connectivity index (χ4n) is 1.31. The van der Waals surface area contributed by atoms with Gasteiger partial charge in [0.25, 0.3) is 0 Å². The monoisotopic (exact) mass is 295 g/mol. The van der Waals surface area contributed by atoms with Crippen molar-refractivity contribution < 1.29 is 18.3 Å². The van der Waals surface area contributed by atoms with Crippen LogP contribution in [0.25, 0.3) is 0 Å². The van der Waals surface area contributed by atoms with Crippen LogP contribution < -0.4 is 5.32 Å². The molecule has 0 aliphatic heterocycles. The van der Waals surface area contributed by atoms with Gasteiger partial charge in [-0.15, -0.1) is 11.8 Å². The van der Waals surface area contributed by atoms with Crippen molar-refractivity contribution >= 4 is 17.7 Å². The quantitative estimate of drug-likeness (QED) is 0.624. The minimum Gasteiger partial charge on any atom is -0.396 e. The lowest BCUT2D eigenvalue weighted by Gasteiger charge is -2.13. The molecule has 0 bridgehead atoms. The van der Waals surface area contributed by atoms with Gasteiger partial charge in [0.15, 0.2) is 5.69 Å². The number of thioether (sulfide) groups is 1. The summed E-state index contributed by atoms with van der Waals surface area (Å²) in [7, 11) is 0. The molecular formula is C11H16F3N3OS. The molecule has 1 aromatic rings. The van der Waals surface area contributed by atoms with Crippen molar-refractivity contribution in [1.82, 2.24) is 9.97 Å². The van der Waals surface area contributed by atoms with Gasteiger partial charge in [-0.3, -0.25) is 0 Å². The maximum atomic E-state index is 12.7. The maximum absolute atomic E-state index is 12.7. The summed E-state index contributed by atoms with van der Waals surface area (Å²) in [5.41, 5.74) is -0.961. The number of aliphatic hydroxyl groups excluding tert-OH is 1. The molecule has 0 amide bonds. The molecule has 0 aromatic carbocycles. The van der Waals surface area contributed by atoms with Crippen molar-refractivity contribution in [2.75, 3.05) is 18.5 Å². The third kappa shape index (κ3) is 5.23. The second-order valence-corrected chi connectivity index (χ2v) is 5.34. The summed E-state index contributed by atoms with van der Waals surface area (Å²) in [5, 5.41) is 11.7. The molecule has 2 N–H and O–H groups in total. The van der Waals surface area contributed by atoms with Crippen LogP contribution in [0.1, 0.15) is 26.0 Å². The highest BCUT2D eigenvalue weighted by molar-refractivity contribution is 7.99. The van der Waals surface area contributed by atoms with Gasteiger partial charge >= 0.3 is 6.18 Å². The van der Waals surface area contributed by atoms with Crippen LogP contribution in [0.5, 0.6) is 0 Å². The van der Waals surface area contributed by atoms with Gasteiger partial charge in [-0.1, -0.05) is 6.92 Å². The van der Waals surface area contributed by atoms with Crippen LogP contribution in [0.3, 0.4) is 0 Å². The van der Waals surface area contributed by atoms with Gasteiger partial charge in [-0.05, 0) is 13.3 Å². The minimum absolute atomic E-state index is 0.00849. The fourth-order valence-corrected chi connectivity index (χ4v) is 2.27. The molecule has 0 saturated heterocycles. The van der Waals surface area contributed by atoms with Crippen molar-refractivity contribution in [3.63, 3.8) is 0 Å². The van der Waals surface area contributed by atoms with Crippen molar-refractivity contribution in [1.29, 1.82) is 0 Å². The first-order valence-electron chi connectivity index (χ1n) is 5.84. The highest BCUT2D eigenvalue weighted by atomic mass is 32.2. The lowest BCUT2D eigenvalue weighted by Crippen LogP contribution is -2.13. The van der Waals surface area contributed by atoms with Crippen LogP contribution in [0.2, 0.25) is 0 Å². The summed E-state index contributed by atoms with van der Waals surface area (Å²) in [6, 6.07) is 0.930. The second-order valence-electron chi connectivity index (χ2n) is 3.88. The summed E-state index contributed by atoms with van der Waals surface area (Å²) in [6.45, 7) is 4.01. The number of hydrogen-bond acceptors (Lipinski definition) is 5. The number of nitrogens with one attached hydrogen (secondary N) is 1. The molecule has 1 rings (SSSR count). The van der Waals surface area contributed by atoms with Crippen LogP contribution in [0.4, 0.5) is 19.1 Å². The normalized spacial score (nSPS) is 13.4. The standard InChI is InChI=1S/C11H16F3N3OS/c1-3-15-10-16-8(11(12,13)14)6-9(17-10)19-7(2)4-5-18/h6-7,18H,3-5H2,1-2H3,(H,15,16,17). The maximum Gasteiger partial charge on any atom is 0.433 e. The second kappa shape index (κ2) is 6.95. The Kier molecular flexibility index (Phi) is 5.86. The van der Waals surface area contributed by atoms with Gasteiger partial charge in [0.1, 0.15) is 5.03 Å². The van der Waals surface area contributed by atoms with E-state index in [1.165, 1.54) is 11.8 Å². The van der Waals surface area contributed by atoms with E-state index in [1.807, 2.05) is 6.92 Å². The first-order chi connectivity index (χ1) is 8.86. The molecule has 1 unspecified atom stereocenters. The molecule has 0 spiro atoms. The van der Waals surface area contributed by atoms with Gasteiger partial charge in [0.2, 0.25) is 5.95 Å². The van der Waals surface area contributed by atoms with Crippen LogP contribution >= 0.6 is 11.8 Å². The highest BCUT2D eigenvalue weighted by Crippen LogP contribution is 2.32. The molecule has 0 aliphatic carbocycles. The van der Waals surface area contributed by atoms with Crippen molar-refractivity contribution in [2.45, 2.75) is 36.7 Å². The molecule has 108 valence electrons. The van der Waals surface area contributed by atoms with Crippen LogP contribution in [0.15, 0.2) is 11.1 Å². The van der Waals surface area contributed by atoms with Gasteiger partial charge in [-0.2, -0.15) is 13.2 Å². The molecule has 8 heteroatoms. The largest absolute Gasteiger partial charge is 0.433 e. The zero-order chi connectivity index (χ0) is 14.5. The first kappa shape index (κ1) is 16.0. The zero-order valence-electron chi connectivity index (χ0n) is 10.7. The van der Waals surface area contributed by atoms with Crippen LogP contribution in [0, 0.1) is 0 Å². The number of aliphatic hydroxyl groups is 1. The Morgan fingerprint density at radius 2 is 2.11 bits per heavy atom. The van der Waals surface area contributed by atoms with Gasteiger partial charge < -0.3 is 10.4 Å². The van der Waals surface area contributed by atoms with E-state index in [2.05, 4.69) is 15.3 Å². The average Bonchev–Trinajstić information content (AvgIpc) is 2.28. The SMILES string of the molecule is CCNc1nc(SC(C)CCO)cc(C(F)(F)F)n1. The van der Waals surface area contributed by atoms with Gasteiger partial charge in [-0.25, -0.2) is 9.97 Å². The predicted octanol–water partition coefficient (Wildman–Crippen LogP) is 2.79. The molecule has 0 radical (unpaired) electrons. The Morgan fingerprint density at radius 1 is 1.42 bits per heavy atom. The summed E-state index contributed by atoms with van der Waals surface area (Å²) < 4.78 is 38.1. The van der Waals surface area contributed by atoms with Gasteiger partial charge in [0, 0.05) is 24.5 Å². The molecule has 1 aromatic heterocycles. The number of nitrogens with zero attached hydrogens (tertiary/aromatic N) is 2. The zero-order valence-corrected chi connectivity index (χ0v) is 11.5. The Morgan fingerprint density at radius 3 is 2.63 bits per heavy atom. The van der Waals surface area contributed by atoms with E-state index in [1.54, 1.807) is 6.92 Å². The third-order valence-corrected chi connectivity index (χ3v) is 3.27. The van der Waals surface area contributed by atoms with E-state index in [4.69, 9.17) is 5.11 Å². The van der Waals surface area contributed by atoms with E-state index in [0.717, 1.165) is 6.07 Å². The fraction of sp³-hybridized carbons (Fsp3) is 0.636. The van der Waals surface area contributed by atoms with E-state index < -0.39 is 11.9 Å². The Balaban J connectivity index is 2.99. The molecule has 1 heterocycles. The molecule has 19 heavy (non-hydrogen) atoms. The smallest absolute Gasteiger partial charge is 0.396 e. The lowest BCUT2D eigenvalue weighted by atomic mass is 10.3. The van der Waals surface area contributed by atoms with E-state index in [-0.39, 0.29) is 22.8 Å². The molecule has 1 atom stereocenters. The molecule has 0 aliphatic rings. The number of hydrogen-bond donors (Lipinski definition) is 2. The highest BCUT2D eigenvalue weighted by Gasteiger charge is 2.33. The molecule has 0 fully saturated rings. The van der Waals surface area contributed by atoms with Crippen molar-refractivity contribution in [3.8, 4) is 0 Å². The first-order valence-corrected chi connectivity index (χ1v) is 6.72. The number of aromatic nitrogens is 2. The summed E-state index contributed by atoms with van der Waals surface area (Å²) >= 11 is 1.19. The predicted molar refractivity (Wildman–Crippen MR) is 68.2 cm³/mol. The number of halogens is 3. The van der Waals surface area contributed by atoms with Crippen molar-refractivity contribution in [2.24, 2.45) is 0 Å². The molecule has 4 nitrogen and oxygen atoms in total. The Hall–Kier alpha value is -1.02. The lowest BCUT2D eigenvalue weighted by molar-refractivity contribution is -0.141. The summed E-state index contributed by atoms with van der Waals surface area (Å²) in [6.07, 6.45) is -4.00. The Labute approximate surface area is 113 Å². The third-order valence-electron chi connectivity index (χ3n) is 2.19. The van der Waals surface area contributed by atoms with Crippen molar-refractivity contribution in [3.05, 3.63) is 11.8 Å². The summed E-state index contributed by atoms with van der Waals surface area (Å²) in [4.78, 5) is 7.46. The molecular weight excluding hydrogens is 279 g/mol. The van der Waals surface area contributed by atoms with Crippen LogP contribution in [-0.4, -0.2) is 33.5 Å². The van der Waals surface area contributed by atoms with Gasteiger partial charge in [0.05, 0.1) is 0 Å². The van der Waals surface area contributed by atoms with E-state index in [0.29, 0.717) is 13.0 Å². The number of anilines is 1. The van der Waals surface area contributed by atoms with Crippen LogP contribution in [-0.2, 0) is 6.18 Å². The van der Waals surface area contributed by atoms with E-state index >= 15 is 0 Å². The van der Waals surface area contributed by atoms with E-state index in [9.17, 15) is 13.2 Å².